The number of carbonyl (C=O) groups is 2. The second-order valence-corrected chi connectivity index (χ2v) is 13.0. The molecule has 0 saturated carbocycles. The average Bonchev–Trinajstić information content (AvgIpc) is 2.91. The minimum absolute atomic E-state index is 0.0197. The summed E-state index contributed by atoms with van der Waals surface area (Å²) in [4.78, 5) is 28.4. The van der Waals surface area contributed by atoms with Crippen molar-refractivity contribution in [3.8, 4) is 0 Å². The van der Waals surface area contributed by atoms with E-state index in [1.807, 2.05) is 13.8 Å². The molecule has 3 rings (SSSR count). The fourth-order valence-electron chi connectivity index (χ4n) is 3.95. The SMILES string of the molecule is CCCCNC(=O)[C@@H](C)N(Cc1ccc(Cl)cc1Cl)C(=O)CN(c1cccc(Br)c1)S(=O)(=O)c1ccc(C)cc1. The van der Waals surface area contributed by atoms with E-state index in [1.54, 1.807) is 61.5 Å². The lowest BCUT2D eigenvalue weighted by Crippen LogP contribution is -2.51. The third-order valence-corrected chi connectivity index (χ3v) is 9.20. The number of aryl methyl sites for hydroxylation is 1. The summed E-state index contributed by atoms with van der Waals surface area (Å²) in [6, 6.07) is 17.1. The van der Waals surface area contributed by atoms with Gasteiger partial charge in [-0.2, -0.15) is 0 Å². The molecule has 0 bridgehead atoms. The maximum atomic E-state index is 14.0. The molecule has 0 spiro atoms. The van der Waals surface area contributed by atoms with Crippen molar-refractivity contribution in [1.29, 1.82) is 0 Å². The van der Waals surface area contributed by atoms with Gasteiger partial charge in [0, 0.05) is 27.6 Å². The molecule has 2 amide bonds. The van der Waals surface area contributed by atoms with Gasteiger partial charge in [-0.05, 0) is 68.3 Å². The Morgan fingerprint density at radius 1 is 1.02 bits per heavy atom. The highest BCUT2D eigenvalue weighted by molar-refractivity contribution is 9.10. The molecule has 0 aliphatic carbocycles. The summed E-state index contributed by atoms with van der Waals surface area (Å²) >= 11 is 15.9. The molecular weight excluding hydrogens is 637 g/mol. The van der Waals surface area contributed by atoms with Gasteiger partial charge in [-0.15, -0.1) is 0 Å². The maximum absolute atomic E-state index is 14.0. The second-order valence-electron chi connectivity index (χ2n) is 9.38. The van der Waals surface area contributed by atoms with Crippen molar-refractivity contribution in [3.05, 3.63) is 92.4 Å². The number of anilines is 1. The summed E-state index contributed by atoms with van der Waals surface area (Å²) in [5.74, 6) is -0.915. The van der Waals surface area contributed by atoms with Crippen molar-refractivity contribution in [2.45, 2.75) is 51.1 Å². The number of nitrogens with one attached hydrogen (secondary N) is 1. The van der Waals surface area contributed by atoms with E-state index in [2.05, 4.69) is 21.2 Å². The average molecular weight is 669 g/mol. The molecule has 214 valence electrons. The standard InChI is InChI=1S/C29H32BrCl2N3O4S/c1-4-5-15-33-29(37)21(3)34(18-22-11-12-24(31)17-27(22)32)28(36)19-35(25-8-6-7-23(30)16-25)40(38,39)26-13-9-20(2)10-14-26/h6-14,16-17,21H,4-5,15,18-19H2,1-3H3,(H,33,37)/t21-/m1/s1. The first-order valence-corrected chi connectivity index (χ1v) is 15.8. The fourth-order valence-corrected chi connectivity index (χ4v) is 6.21. The first-order chi connectivity index (χ1) is 18.9. The van der Waals surface area contributed by atoms with Crippen LogP contribution in [-0.2, 0) is 26.2 Å². The fraction of sp³-hybridized carbons (Fsp3) is 0.310. The Morgan fingerprint density at radius 3 is 2.35 bits per heavy atom. The molecular formula is C29H32BrCl2N3O4S. The molecule has 3 aromatic carbocycles. The number of sulfonamides is 1. The highest BCUT2D eigenvalue weighted by Crippen LogP contribution is 2.28. The molecule has 11 heteroatoms. The Kier molecular flexibility index (Phi) is 11.5. The molecule has 1 atom stereocenters. The lowest BCUT2D eigenvalue weighted by atomic mass is 10.1. The van der Waals surface area contributed by atoms with Gasteiger partial charge in [0.15, 0.2) is 0 Å². The van der Waals surface area contributed by atoms with Gasteiger partial charge in [-0.3, -0.25) is 13.9 Å². The first-order valence-electron chi connectivity index (χ1n) is 12.8. The van der Waals surface area contributed by atoms with E-state index in [0.717, 1.165) is 22.7 Å². The van der Waals surface area contributed by atoms with Crippen molar-refractivity contribution >= 4 is 66.7 Å². The highest BCUT2D eigenvalue weighted by atomic mass is 79.9. The molecule has 0 saturated heterocycles. The van der Waals surface area contributed by atoms with Crippen LogP contribution in [0.25, 0.3) is 0 Å². The summed E-state index contributed by atoms with van der Waals surface area (Å²) in [7, 11) is -4.15. The summed E-state index contributed by atoms with van der Waals surface area (Å²) in [5, 5.41) is 3.62. The van der Waals surface area contributed by atoms with Crippen LogP contribution in [0.4, 0.5) is 5.69 Å². The van der Waals surface area contributed by atoms with Gasteiger partial charge in [0.1, 0.15) is 12.6 Å². The summed E-state index contributed by atoms with van der Waals surface area (Å²) < 4.78 is 29.4. The molecule has 0 radical (unpaired) electrons. The van der Waals surface area contributed by atoms with Crippen LogP contribution in [-0.4, -0.2) is 44.3 Å². The second kappa shape index (κ2) is 14.3. The number of benzene rings is 3. The molecule has 0 aliphatic heterocycles. The molecule has 3 aromatic rings. The van der Waals surface area contributed by atoms with E-state index in [-0.39, 0.29) is 17.3 Å². The topological polar surface area (TPSA) is 86.8 Å². The zero-order valence-electron chi connectivity index (χ0n) is 22.5. The van der Waals surface area contributed by atoms with E-state index in [0.29, 0.717) is 32.3 Å². The van der Waals surface area contributed by atoms with E-state index in [4.69, 9.17) is 23.2 Å². The number of hydrogen-bond acceptors (Lipinski definition) is 4. The molecule has 7 nitrogen and oxygen atoms in total. The van der Waals surface area contributed by atoms with Gasteiger partial charge in [0.25, 0.3) is 10.0 Å². The van der Waals surface area contributed by atoms with Crippen LogP contribution in [0.3, 0.4) is 0 Å². The molecule has 1 N–H and O–H groups in total. The number of unbranched alkanes of at least 4 members (excludes halogenated alkanes) is 1. The number of carbonyl (C=O) groups excluding carboxylic acids is 2. The van der Waals surface area contributed by atoms with E-state index < -0.39 is 28.5 Å². The lowest BCUT2D eigenvalue weighted by molar-refractivity contribution is -0.139. The molecule has 0 heterocycles. The van der Waals surface area contributed by atoms with Crippen LogP contribution in [0.2, 0.25) is 10.0 Å². The molecule has 0 fully saturated rings. The Balaban J connectivity index is 2.02. The number of amides is 2. The maximum Gasteiger partial charge on any atom is 0.264 e. The van der Waals surface area contributed by atoms with Crippen LogP contribution in [0, 0.1) is 6.92 Å². The smallest absolute Gasteiger partial charge is 0.264 e. The Bertz CT molecular complexity index is 1450. The molecule has 40 heavy (non-hydrogen) atoms. The molecule has 0 aromatic heterocycles. The Labute approximate surface area is 254 Å². The van der Waals surface area contributed by atoms with Crippen LogP contribution in [0.1, 0.15) is 37.8 Å². The predicted octanol–water partition coefficient (Wildman–Crippen LogP) is 6.59. The Morgan fingerprint density at radius 2 is 1.73 bits per heavy atom. The van der Waals surface area contributed by atoms with Gasteiger partial charge >= 0.3 is 0 Å². The molecule has 0 aliphatic rings. The van der Waals surface area contributed by atoms with Gasteiger partial charge < -0.3 is 10.2 Å². The van der Waals surface area contributed by atoms with E-state index >= 15 is 0 Å². The highest BCUT2D eigenvalue weighted by Gasteiger charge is 2.32. The predicted molar refractivity (Wildman–Crippen MR) is 164 cm³/mol. The summed E-state index contributed by atoms with van der Waals surface area (Å²) in [6.07, 6.45) is 1.69. The number of hydrogen-bond donors (Lipinski definition) is 1. The third kappa shape index (κ3) is 8.22. The molecule has 0 unspecified atom stereocenters. The van der Waals surface area contributed by atoms with Crippen molar-refractivity contribution in [2.24, 2.45) is 0 Å². The number of halogens is 3. The normalized spacial score (nSPS) is 12.1. The minimum atomic E-state index is -4.15. The zero-order chi connectivity index (χ0) is 29.4. The van der Waals surface area contributed by atoms with Gasteiger partial charge in [-0.25, -0.2) is 8.42 Å². The van der Waals surface area contributed by atoms with Crippen molar-refractivity contribution in [3.63, 3.8) is 0 Å². The monoisotopic (exact) mass is 667 g/mol. The number of rotatable bonds is 12. The minimum Gasteiger partial charge on any atom is -0.354 e. The summed E-state index contributed by atoms with van der Waals surface area (Å²) in [5.41, 5.74) is 1.77. The van der Waals surface area contributed by atoms with Crippen molar-refractivity contribution in [1.82, 2.24) is 10.2 Å². The van der Waals surface area contributed by atoms with Gasteiger partial charge in [0.05, 0.1) is 10.6 Å². The van der Waals surface area contributed by atoms with Crippen LogP contribution in [0.5, 0.6) is 0 Å². The van der Waals surface area contributed by atoms with E-state index in [9.17, 15) is 18.0 Å². The van der Waals surface area contributed by atoms with Gasteiger partial charge in [-0.1, -0.05) is 82.3 Å². The van der Waals surface area contributed by atoms with Crippen LogP contribution >= 0.6 is 39.1 Å². The zero-order valence-corrected chi connectivity index (χ0v) is 26.4. The van der Waals surface area contributed by atoms with Crippen LogP contribution < -0.4 is 9.62 Å². The van der Waals surface area contributed by atoms with E-state index in [1.165, 1.54) is 17.0 Å². The van der Waals surface area contributed by atoms with Crippen molar-refractivity contribution < 1.29 is 18.0 Å². The number of nitrogens with zero attached hydrogens (tertiary/aromatic N) is 2. The van der Waals surface area contributed by atoms with Crippen molar-refractivity contribution in [2.75, 3.05) is 17.4 Å². The third-order valence-electron chi connectivity index (χ3n) is 6.34. The largest absolute Gasteiger partial charge is 0.354 e. The van der Waals surface area contributed by atoms with Gasteiger partial charge in [0.2, 0.25) is 11.8 Å². The summed E-state index contributed by atoms with van der Waals surface area (Å²) in [6.45, 7) is 5.40. The quantitative estimate of drug-likeness (QED) is 0.221. The van der Waals surface area contributed by atoms with Crippen LogP contribution in [0.15, 0.2) is 76.1 Å². The lowest BCUT2D eigenvalue weighted by Gasteiger charge is -2.32. The Hall–Kier alpha value is -2.59. The first kappa shape index (κ1) is 31.9.